The first-order valence-electron chi connectivity index (χ1n) is 6.05. The number of hydrogen-bond donors (Lipinski definition) is 0. The molecule has 1 aromatic carbocycles. The van der Waals surface area contributed by atoms with Crippen LogP contribution in [0.4, 0.5) is 5.69 Å². The van der Waals surface area contributed by atoms with E-state index in [1.165, 1.54) is 18.2 Å². The van der Waals surface area contributed by atoms with E-state index in [9.17, 15) is 19.7 Å². The van der Waals surface area contributed by atoms with E-state index in [4.69, 9.17) is 4.52 Å². The van der Waals surface area contributed by atoms with Crippen LogP contribution in [0.3, 0.4) is 0 Å². The lowest BCUT2D eigenvalue weighted by Gasteiger charge is -2.10. The summed E-state index contributed by atoms with van der Waals surface area (Å²) < 4.78 is 4.97. The van der Waals surface area contributed by atoms with Crippen molar-refractivity contribution in [2.24, 2.45) is 0 Å². The van der Waals surface area contributed by atoms with Crippen molar-refractivity contribution in [2.45, 2.75) is 13.5 Å². The molecule has 1 aliphatic heterocycles. The molecule has 0 saturated heterocycles. The third-order valence-corrected chi connectivity index (χ3v) is 3.16. The van der Waals surface area contributed by atoms with Gasteiger partial charge in [0.15, 0.2) is 5.76 Å². The van der Waals surface area contributed by atoms with Crippen LogP contribution in [-0.2, 0) is 6.54 Å². The van der Waals surface area contributed by atoms with Crippen LogP contribution in [0.25, 0.3) is 0 Å². The number of nitrogens with zero attached hydrogens (tertiary/aromatic N) is 3. The van der Waals surface area contributed by atoms with Crippen LogP contribution in [0.2, 0.25) is 0 Å². The van der Waals surface area contributed by atoms with Crippen molar-refractivity contribution in [3.8, 4) is 0 Å². The molecule has 21 heavy (non-hydrogen) atoms. The lowest BCUT2D eigenvalue weighted by Crippen LogP contribution is -2.29. The Labute approximate surface area is 118 Å². The minimum absolute atomic E-state index is 0.0328. The molecular formula is C13H9N3O5. The van der Waals surface area contributed by atoms with Gasteiger partial charge in [-0.05, 0) is 13.0 Å². The molecule has 0 saturated carbocycles. The number of nitro benzene ring substituents is 1. The van der Waals surface area contributed by atoms with Gasteiger partial charge in [0.1, 0.15) is 5.56 Å². The summed E-state index contributed by atoms with van der Waals surface area (Å²) in [4.78, 5) is 35.7. The van der Waals surface area contributed by atoms with Crippen LogP contribution in [0.1, 0.15) is 32.2 Å². The fraction of sp³-hybridized carbons (Fsp3) is 0.154. The summed E-state index contributed by atoms with van der Waals surface area (Å²) in [5, 5.41) is 14.6. The Hall–Kier alpha value is -3.03. The molecule has 8 nitrogen and oxygen atoms in total. The van der Waals surface area contributed by atoms with Crippen molar-refractivity contribution in [1.82, 2.24) is 10.1 Å². The molecule has 0 radical (unpaired) electrons. The fourth-order valence-electron chi connectivity index (χ4n) is 2.26. The van der Waals surface area contributed by atoms with Crippen LogP contribution in [0, 0.1) is 17.0 Å². The normalized spacial score (nSPS) is 13.7. The van der Waals surface area contributed by atoms with Crippen molar-refractivity contribution in [2.75, 3.05) is 0 Å². The van der Waals surface area contributed by atoms with Crippen molar-refractivity contribution in [3.05, 3.63) is 57.0 Å². The van der Waals surface area contributed by atoms with E-state index in [0.29, 0.717) is 11.5 Å². The van der Waals surface area contributed by atoms with Gasteiger partial charge < -0.3 is 4.52 Å². The van der Waals surface area contributed by atoms with Gasteiger partial charge >= 0.3 is 0 Å². The number of aromatic nitrogens is 1. The highest BCUT2D eigenvalue weighted by atomic mass is 16.6. The van der Waals surface area contributed by atoms with E-state index in [2.05, 4.69) is 5.16 Å². The van der Waals surface area contributed by atoms with Gasteiger partial charge in [-0.2, -0.15) is 0 Å². The van der Waals surface area contributed by atoms with Crippen molar-refractivity contribution >= 4 is 17.5 Å². The average Bonchev–Trinajstić information content (AvgIpc) is 2.96. The maximum absolute atomic E-state index is 12.3. The highest BCUT2D eigenvalue weighted by Crippen LogP contribution is 2.31. The van der Waals surface area contributed by atoms with Crippen LogP contribution in [0.5, 0.6) is 0 Å². The van der Waals surface area contributed by atoms with Crippen LogP contribution < -0.4 is 0 Å². The van der Waals surface area contributed by atoms with Crippen LogP contribution in [-0.4, -0.2) is 26.8 Å². The SMILES string of the molecule is Cc1cc(CN2C(=O)c3cccc([N+](=O)[O-])c3C2=O)on1. The Kier molecular flexibility index (Phi) is 2.79. The number of fused-ring (bicyclic) bond motifs is 1. The van der Waals surface area contributed by atoms with Gasteiger partial charge in [0, 0.05) is 12.1 Å². The molecule has 1 aromatic heterocycles. The molecule has 2 heterocycles. The first kappa shape index (κ1) is 13.0. The summed E-state index contributed by atoms with van der Waals surface area (Å²) in [6.07, 6.45) is 0. The number of imide groups is 1. The van der Waals surface area contributed by atoms with E-state index < -0.39 is 16.7 Å². The van der Waals surface area contributed by atoms with E-state index in [-0.39, 0.29) is 23.4 Å². The van der Waals surface area contributed by atoms with E-state index in [1.54, 1.807) is 13.0 Å². The molecule has 0 spiro atoms. The summed E-state index contributed by atoms with van der Waals surface area (Å²) in [6.45, 7) is 1.60. The zero-order chi connectivity index (χ0) is 15.1. The first-order chi connectivity index (χ1) is 9.99. The van der Waals surface area contributed by atoms with Gasteiger partial charge in [0.25, 0.3) is 17.5 Å². The van der Waals surface area contributed by atoms with Crippen molar-refractivity contribution in [3.63, 3.8) is 0 Å². The second-order valence-electron chi connectivity index (χ2n) is 4.59. The Balaban J connectivity index is 2.01. The zero-order valence-corrected chi connectivity index (χ0v) is 10.9. The molecule has 0 unspecified atom stereocenters. The predicted molar refractivity (Wildman–Crippen MR) is 68.5 cm³/mol. The monoisotopic (exact) mass is 287 g/mol. The molecule has 106 valence electrons. The maximum atomic E-state index is 12.3. The Bertz CT molecular complexity index is 780. The van der Waals surface area contributed by atoms with E-state index in [1.807, 2.05) is 0 Å². The summed E-state index contributed by atoms with van der Waals surface area (Å²) in [7, 11) is 0. The van der Waals surface area contributed by atoms with Crippen molar-refractivity contribution in [1.29, 1.82) is 0 Å². The number of carbonyl (C=O) groups excluding carboxylic acids is 2. The maximum Gasteiger partial charge on any atom is 0.282 e. The number of carbonyl (C=O) groups is 2. The van der Waals surface area contributed by atoms with Gasteiger partial charge in [-0.25, -0.2) is 0 Å². The molecular weight excluding hydrogens is 278 g/mol. The second kappa shape index (κ2) is 4.51. The molecule has 3 rings (SSSR count). The topological polar surface area (TPSA) is 107 Å². The fourth-order valence-corrected chi connectivity index (χ4v) is 2.26. The molecule has 0 N–H and O–H groups in total. The molecule has 8 heteroatoms. The summed E-state index contributed by atoms with van der Waals surface area (Å²) in [5.74, 6) is -0.936. The number of benzene rings is 1. The van der Waals surface area contributed by atoms with Crippen LogP contribution in [0.15, 0.2) is 28.8 Å². The van der Waals surface area contributed by atoms with Gasteiger partial charge in [0.05, 0.1) is 22.7 Å². The van der Waals surface area contributed by atoms with E-state index >= 15 is 0 Å². The highest BCUT2D eigenvalue weighted by molar-refractivity contribution is 6.23. The van der Waals surface area contributed by atoms with Gasteiger partial charge in [0.2, 0.25) is 0 Å². The Morgan fingerprint density at radius 1 is 1.33 bits per heavy atom. The average molecular weight is 287 g/mol. The minimum Gasteiger partial charge on any atom is -0.359 e. The number of hydrogen-bond acceptors (Lipinski definition) is 6. The van der Waals surface area contributed by atoms with Gasteiger partial charge in [-0.15, -0.1) is 0 Å². The lowest BCUT2D eigenvalue weighted by atomic mass is 10.1. The lowest BCUT2D eigenvalue weighted by molar-refractivity contribution is -0.385. The number of rotatable bonds is 3. The molecule has 0 aliphatic carbocycles. The molecule has 1 aliphatic rings. The largest absolute Gasteiger partial charge is 0.359 e. The predicted octanol–water partition coefficient (Wildman–Crippen LogP) is 1.69. The van der Waals surface area contributed by atoms with Crippen LogP contribution >= 0.6 is 0 Å². The molecule has 0 atom stereocenters. The quantitative estimate of drug-likeness (QED) is 0.483. The number of amides is 2. The molecule has 2 aromatic rings. The standard InChI is InChI=1S/C13H9N3O5/c1-7-5-8(21-14-7)6-15-12(17)9-3-2-4-10(16(19)20)11(9)13(15)18/h2-5H,6H2,1H3. The molecule has 2 amide bonds. The number of nitro groups is 1. The number of aryl methyl sites for hydroxylation is 1. The second-order valence-corrected chi connectivity index (χ2v) is 4.59. The summed E-state index contributed by atoms with van der Waals surface area (Å²) >= 11 is 0. The summed E-state index contributed by atoms with van der Waals surface area (Å²) in [6, 6.07) is 5.57. The van der Waals surface area contributed by atoms with E-state index in [0.717, 1.165) is 4.90 Å². The molecule has 0 bridgehead atoms. The highest BCUT2D eigenvalue weighted by Gasteiger charge is 2.41. The van der Waals surface area contributed by atoms with Crippen molar-refractivity contribution < 1.29 is 19.0 Å². The molecule has 0 fully saturated rings. The van der Waals surface area contributed by atoms with Gasteiger partial charge in [-0.3, -0.25) is 24.6 Å². The summed E-state index contributed by atoms with van der Waals surface area (Å²) in [5.41, 5.74) is 0.101. The zero-order valence-electron chi connectivity index (χ0n) is 10.9. The Morgan fingerprint density at radius 2 is 2.10 bits per heavy atom. The smallest absolute Gasteiger partial charge is 0.282 e. The first-order valence-corrected chi connectivity index (χ1v) is 6.05. The van der Waals surface area contributed by atoms with Gasteiger partial charge in [-0.1, -0.05) is 11.2 Å². The third-order valence-electron chi connectivity index (χ3n) is 3.16. The Morgan fingerprint density at radius 3 is 2.71 bits per heavy atom. The minimum atomic E-state index is -0.698. The third kappa shape index (κ3) is 1.97.